The van der Waals surface area contributed by atoms with E-state index in [0.717, 1.165) is 16.9 Å². The summed E-state index contributed by atoms with van der Waals surface area (Å²) in [5.74, 6) is -0.0551. The number of nitro groups is 1. The molecule has 0 saturated carbocycles. The Morgan fingerprint density at radius 1 is 1.09 bits per heavy atom. The molecule has 3 aromatic rings. The lowest BCUT2D eigenvalue weighted by Gasteiger charge is -2.25. The number of non-ortho nitro benzene ring substituents is 1. The van der Waals surface area contributed by atoms with Gasteiger partial charge in [-0.3, -0.25) is 24.6 Å². The minimum Gasteiger partial charge on any atom is -0.378 e. The number of nitro benzene ring substituents is 1. The van der Waals surface area contributed by atoms with Crippen LogP contribution in [0, 0.1) is 10.1 Å². The van der Waals surface area contributed by atoms with E-state index in [1.54, 1.807) is 11.0 Å². The van der Waals surface area contributed by atoms with Crippen LogP contribution in [0.2, 0.25) is 0 Å². The van der Waals surface area contributed by atoms with E-state index in [1.165, 1.54) is 36.0 Å². The van der Waals surface area contributed by atoms with Crippen LogP contribution in [0.3, 0.4) is 0 Å². The first-order valence-electron chi connectivity index (χ1n) is 10.2. The molecule has 1 saturated heterocycles. The summed E-state index contributed by atoms with van der Waals surface area (Å²) in [4.78, 5) is 39.5. The van der Waals surface area contributed by atoms with Crippen LogP contribution >= 0.6 is 11.8 Å². The molecule has 1 heterocycles. The van der Waals surface area contributed by atoms with E-state index in [4.69, 9.17) is 0 Å². The van der Waals surface area contributed by atoms with Gasteiger partial charge in [0.2, 0.25) is 5.91 Å². The molecular weight excluding hydrogens is 440 g/mol. The number of hydrogen-bond donors (Lipinski definition) is 1. The summed E-state index contributed by atoms with van der Waals surface area (Å²) in [6.45, 7) is 0. The Morgan fingerprint density at radius 2 is 1.82 bits per heavy atom. The molecule has 1 aliphatic rings. The molecule has 0 bridgehead atoms. The third-order valence-electron chi connectivity index (χ3n) is 5.26. The highest BCUT2D eigenvalue weighted by Crippen LogP contribution is 2.42. The lowest BCUT2D eigenvalue weighted by atomic mass is 10.1. The molecule has 0 radical (unpaired) electrons. The SMILES string of the molecule is CN(C)c1ccc(N2C(=O)CSC2c2cccc(NC(=O)c3cccc([N+](=O)[O-])c3)c2)cc1. The molecule has 1 unspecified atom stereocenters. The average molecular weight is 463 g/mol. The fourth-order valence-electron chi connectivity index (χ4n) is 3.60. The molecule has 2 amide bonds. The molecule has 1 fully saturated rings. The third kappa shape index (κ3) is 4.83. The van der Waals surface area contributed by atoms with Crippen LogP contribution in [-0.2, 0) is 4.79 Å². The summed E-state index contributed by atoms with van der Waals surface area (Å²) < 4.78 is 0. The summed E-state index contributed by atoms with van der Waals surface area (Å²) in [7, 11) is 3.92. The number of anilines is 3. The van der Waals surface area contributed by atoms with Gasteiger partial charge >= 0.3 is 0 Å². The van der Waals surface area contributed by atoms with Gasteiger partial charge in [0, 0.05) is 48.9 Å². The number of benzene rings is 3. The van der Waals surface area contributed by atoms with E-state index in [9.17, 15) is 19.7 Å². The van der Waals surface area contributed by atoms with Crippen molar-refractivity contribution in [2.24, 2.45) is 0 Å². The van der Waals surface area contributed by atoms with Gasteiger partial charge in [-0.15, -0.1) is 11.8 Å². The van der Waals surface area contributed by atoms with Crippen LogP contribution in [-0.4, -0.2) is 36.6 Å². The zero-order valence-electron chi connectivity index (χ0n) is 18.1. The second-order valence-electron chi connectivity index (χ2n) is 7.72. The van der Waals surface area contributed by atoms with Gasteiger partial charge in [0.15, 0.2) is 0 Å². The normalized spacial score (nSPS) is 15.4. The number of thioether (sulfide) groups is 1. The van der Waals surface area contributed by atoms with Crippen molar-refractivity contribution in [1.29, 1.82) is 0 Å². The lowest BCUT2D eigenvalue weighted by Crippen LogP contribution is -2.27. The first-order valence-corrected chi connectivity index (χ1v) is 11.2. The molecule has 1 N–H and O–H groups in total. The van der Waals surface area contributed by atoms with E-state index in [1.807, 2.05) is 61.5 Å². The van der Waals surface area contributed by atoms with E-state index in [-0.39, 0.29) is 22.5 Å². The van der Waals surface area contributed by atoms with Crippen LogP contribution in [0.5, 0.6) is 0 Å². The van der Waals surface area contributed by atoms with Crippen LogP contribution in [0.4, 0.5) is 22.7 Å². The molecule has 33 heavy (non-hydrogen) atoms. The molecule has 0 aromatic heterocycles. The highest BCUT2D eigenvalue weighted by Gasteiger charge is 2.34. The molecular formula is C24H22N4O4S. The minimum absolute atomic E-state index is 0.0219. The second kappa shape index (κ2) is 9.33. The second-order valence-corrected chi connectivity index (χ2v) is 8.79. The van der Waals surface area contributed by atoms with Crippen molar-refractivity contribution >= 4 is 46.3 Å². The van der Waals surface area contributed by atoms with E-state index >= 15 is 0 Å². The Balaban J connectivity index is 1.56. The fourth-order valence-corrected chi connectivity index (χ4v) is 4.76. The van der Waals surface area contributed by atoms with Crippen molar-refractivity contribution in [1.82, 2.24) is 0 Å². The number of carbonyl (C=O) groups is 2. The largest absolute Gasteiger partial charge is 0.378 e. The van der Waals surface area contributed by atoms with Gasteiger partial charge in [-0.05, 0) is 48.0 Å². The first-order chi connectivity index (χ1) is 15.8. The Kier molecular flexibility index (Phi) is 6.32. The topological polar surface area (TPSA) is 95.8 Å². The summed E-state index contributed by atoms with van der Waals surface area (Å²) in [5.41, 5.74) is 3.33. The number of rotatable bonds is 6. The van der Waals surface area contributed by atoms with Gasteiger partial charge in [0.1, 0.15) is 5.37 Å². The molecule has 168 valence electrons. The molecule has 1 atom stereocenters. The molecule has 0 spiro atoms. The van der Waals surface area contributed by atoms with Crippen molar-refractivity contribution in [2.75, 3.05) is 35.0 Å². The van der Waals surface area contributed by atoms with Crippen LogP contribution in [0.15, 0.2) is 72.8 Å². The Labute approximate surface area is 195 Å². The maximum atomic E-state index is 12.7. The van der Waals surface area contributed by atoms with Crippen molar-refractivity contribution in [3.05, 3.63) is 94.0 Å². The van der Waals surface area contributed by atoms with Crippen LogP contribution in [0.25, 0.3) is 0 Å². The zero-order valence-corrected chi connectivity index (χ0v) is 18.9. The van der Waals surface area contributed by atoms with Gasteiger partial charge in [0.25, 0.3) is 11.6 Å². The van der Waals surface area contributed by atoms with Gasteiger partial charge in [-0.25, -0.2) is 0 Å². The van der Waals surface area contributed by atoms with E-state index in [2.05, 4.69) is 5.32 Å². The molecule has 9 heteroatoms. The molecule has 4 rings (SSSR count). The van der Waals surface area contributed by atoms with Crippen molar-refractivity contribution in [3.63, 3.8) is 0 Å². The van der Waals surface area contributed by atoms with Crippen LogP contribution < -0.4 is 15.1 Å². The van der Waals surface area contributed by atoms with Crippen molar-refractivity contribution in [3.8, 4) is 0 Å². The van der Waals surface area contributed by atoms with Crippen molar-refractivity contribution in [2.45, 2.75) is 5.37 Å². The first kappa shape index (κ1) is 22.3. The Bertz CT molecular complexity index is 1210. The highest BCUT2D eigenvalue weighted by atomic mass is 32.2. The number of carbonyl (C=O) groups excluding carboxylic acids is 2. The van der Waals surface area contributed by atoms with E-state index < -0.39 is 10.8 Å². The zero-order chi connectivity index (χ0) is 23.5. The monoisotopic (exact) mass is 462 g/mol. The Hall–Kier alpha value is -3.85. The molecule has 1 aliphatic heterocycles. The summed E-state index contributed by atoms with van der Waals surface area (Å²) in [6, 6.07) is 20.7. The lowest BCUT2D eigenvalue weighted by molar-refractivity contribution is -0.384. The van der Waals surface area contributed by atoms with Crippen molar-refractivity contribution < 1.29 is 14.5 Å². The predicted octanol–water partition coefficient (Wildman–Crippen LogP) is 4.69. The average Bonchev–Trinajstić information content (AvgIpc) is 3.20. The third-order valence-corrected chi connectivity index (χ3v) is 6.47. The maximum absolute atomic E-state index is 12.7. The summed E-state index contributed by atoms with van der Waals surface area (Å²) in [6.07, 6.45) is 0. The fraction of sp³-hybridized carbons (Fsp3) is 0.167. The number of hydrogen-bond acceptors (Lipinski definition) is 6. The number of nitrogens with one attached hydrogen (secondary N) is 1. The quantitative estimate of drug-likeness (QED) is 0.422. The van der Waals surface area contributed by atoms with Gasteiger partial charge in [-0.1, -0.05) is 18.2 Å². The standard InChI is InChI=1S/C24H22N4O4S/c1-26(2)19-9-11-20(12-10-19)27-22(29)15-33-24(27)17-6-3-7-18(13-17)25-23(30)16-5-4-8-21(14-16)28(31)32/h3-14,24H,15H2,1-2H3,(H,25,30). The smallest absolute Gasteiger partial charge is 0.270 e. The van der Waals surface area contributed by atoms with E-state index in [0.29, 0.717) is 11.4 Å². The highest BCUT2D eigenvalue weighted by molar-refractivity contribution is 8.00. The van der Waals surface area contributed by atoms with Crippen LogP contribution in [0.1, 0.15) is 21.3 Å². The van der Waals surface area contributed by atoms with Gasteiger partial charge in [-0.2, -0.15) is 0 Å². The molecule has 0 aliphatic carbocycles. The summed E-state index contributed by atoms with van der Waals surface area (Å²) in [5, 5.41) is 13.6. The maximum Gasteiger partial charge on any atom is 0.270 e. The molecule has 8 nitrogen and oxygen atoms in total. The predicted molar refractivity (Wildman–Crippen MR) is 131 cm³/mol. The van der Waals surface area contributed by atoms with Gasteiger partial charge in [0.05, 0.1) is 10.7 Å². The number of nitrogens with zero attached hydrogens (tertiary/aromatic N) is 3. The minimum atomic E-state index is -0.536. The molecule has 3 aromatic carbocycles. The number of amides is 2. The van der Waals surface area contributed by atoms with Gasteiger partial charge < -0.3 is 10.2 Å². The summed E-state index contributed by atoms with van der Waals surface area (Å²) >= 11 is 1.52. The Morgan fingerprint density at radius 3 is 2.52 bits per heavy atom.